The van der Waals surface area contributed by atoms with Crippen LogP contribution in [-0.4, -0.2) is 67.8 Å². The number of piperazine rings is 1. The summed E-state index contributed by atoms with van der Waals surface area (Å²) in [5.74, 6) is -0.263. The van der Waals surface area contributed by atoms with E-state index in [1.54, 1.807) is 39.0 Å². The Kier molecular flexibility index (Phi) is 5.59. The van der Waals surface area contributed by atoms with Crippen molar-refractivity contribution in [3.05, 3.63) is 76.3 Å². The van der Waals surface area contributed by atoms with Gasteiger partial charge in [0.15, 0.2) is 5.69 Å². The van der Waals surface area contributed by atoms with E-state index in [1.165, 1.54) is 0 Å². The SMILES string of the molecule is O=C(c1cccnc1)N1CCN(C(=O)c2nnn3c2CO[C@H](c2ccc(Cl)cc2)C3)CC1. The number of nitrogens with zero attached hydrogens (tertiary/aromatic N) is 6. The lowest BCUT2D eigenvalue weighted by molar-refractivity contribution is -0.00202. The van der Waals surface area contributed by atoms with Gasteiger partial charge in [0.2, 0.25) is 0 Å². The zero-order valence-electron chi connectivity index (χ0n) is 17.2. The predicted octanol–water partition coefficient (Wildman–Crippen LogP) is 2.20. The number of ether oxygens (including phenoxy) is 1. The lowest BCUT2D eigenvalue weighted by Gasteiger charge is -2.34. The smallest absolute Gasteiger partial charge is 0.276 e. The van der Waals surface area contributed by atoms with Gasteiger partial charge in [-0.25, -0.2) is 4.68 Å². The Balaban J connectivity index is 1.23. The molecule has 2 aliphatic heterocycles. The van der Waals surface area contributed by atoms with Crippen molar-refractivity contribution in [1.82, 2.24) is 29.8 Å². The summed E-state index contributed by atoms with van der Waals surface area (Å²) in [6.07, 6.45) is 3.01. The number of pyridine rings is 1. The van der Waals surface area contributed by atoms with Gasteiger partial charge in [0.1, 0.15) is 6.10 Å². The molecule has 0 unspecified atom stereocenters. The first kappa shape index (κ1) is 20.6. The van der Waals surface area contributed by atoms with Gasteiger partial charge in [0.25, 0.3) is 11.8 Å². The Bertz CT molecular complexity index is 1130. The quantitative estimate of drug-likeness (QED) is 0.604. The summed E-state index contributed by atoms with van der Waals surface area (Å²) >= 11 is 5.97. The number of aromatic nitrogens is 4. The molecule has 1 saturated heterocycles. The van der Waals surface area contributed by atoms with Gasteiger partial charge in [0.05, 0.1) is 24.4 Å². The minimum absolute atomic E-state index is 0.0760. The topological polar surface area (TPSA) is 93.5 Å². The summed E-state index contributed by atoms with van der Waals surface area (Å²) in [6.45, 7) is 2.51. The number of rotatable bonds is 3. The van der Waals surface area contributed by atoms with Gasteiger partial charge in [-0.2, -0.15) is 0 Å². The lowest BCUT2D eigenvalue weighted by Crippen LogP contribution is -2.50. The highest BCUT2D eigenvalue weighted by Gasteiger charge is 2.32. The Hall–Kier alpha value is -3.30. The Labute approximate surface area is 189 Å². The molecule has 1 aromatic carbocycles. The molecule has 2 aromatic heterocycles. The highest BCUT2D eigenvalue weighted by Crippen LogP contribution is 2.28. The predicted molar refractivity (Wildman–Crippen MR) is 115 cm³/mol. The van der Waals surface area contributed by atoms with Crippen LogP contribution in [0.3, 0.4) is 0 Å². The van der Waals surface area contributed by atoms with Gasteiger partial charge in [-0.1, -0.05) is 28.9 Å². The summed E-state index contributed by atoms with van der Waals surface area (Å²) in [5.41, 5.74) is 2.53. The van der Waals surface area contributed by atoms with Crippen LogP contribution >= 0.6 is 11.6 Å². The van der Waals surface area contributed by atoms with E-state index in [0.29, 0.717) is 54.7 Å². The van der Waals surface area contributed by atoms with Crippen molar-refractivity contribution in [2.24, 2.45) is 0 Å². The van der Waals surface area contributed by atoms with E-state index in [-0.39, 0.29) is 24.5 Å². The molecule has 32 heavy (non-hydrogen) atoms. The average molecular weight is 453 g/mol. The second-order valence-electron chi connectivity index (χ2n) is 7.74. The molecule has 0 N–H and O–H groups in total. The first-order valence-corrected chi connectivity index (χ1v) is 10.8. The maximum absolute atomic E-state index is 13.1. The Morgan fingerprint density at radius 3 is 2.41 bits per heavy atom. The van der Waals surface area contributed by atoms with E-state index in [0.717, 1.165) is 5.56 Å². The maximum Gasteiger partial charge on any atom is 0.276 e. The maximum atomic E-state index is 13.1. The number of halogens is 1. The number of amides is 2. The third-order valence-corrected chi connectivity index (χ3v) is 6.06. The highest BCUT2D eigenvalue weighted by atomic mass is 35.5. The fourth-order valence-corrected chi connectivity index (χ4v) is 4.12. The average Bonchev–Trinajstić information content (AvgIpc) is 3.27. The number of hydrogen-bond donors (Lipinski definition) is 0. The molecule has 0 bridgehead atoms. The number of fused-ring (bicyclic) bond motifs is 1. The number of carbonyl (C=O) groups is 2. The van der Waals surface area contributed by atoms with Crippen LogP contribution in [0.4, 0.5) is 0 Å². The molecule has 0 aliphatic carbocycles. The summed E-state index contributed by atoms with van der Waals surface area (Å²) < 4.78 is 7.73. The van der Waals surface area contributed by atoms with Crippen LogP contribution in [0.25, 0.3) is 0 Å². The number of hydrogen-bond acceptors (Lipinski definition) is 6. The molecular formula is C22H21ClN6O3. The van der Waals surface area contributed by atoms with Crippen LogP contribution < -0.4 is 0 Å². The Morgan fingerprint density at radius 1 is 1.00 bits per heavy atom. The minimum atomic E-state index is -0.187. The molecule has 9 nitrogen and oxygen atoms in total. The normalized spacial score (nSPS) is 18.3. The van der Waals surface area contributed by atoms with Crippen LogP contribution in [0.1, 0.15) is 38.2 Å². The molecule has 2 amide bonds. The molecule has 10 heteroatoms. The van der Waals surface area contributed by atoms with Crippen LogP contribution in [0, 0.1) is 0 Å². The fraction of sp³-hybridized carbons (Fsp3) is 0.318. The van der Waals surface area contributed by atoms with Gasteiger partial charge < -0.3 is 14.5 Å². The van der Waals surface area contributed by atoms with Crippen molar-refractivity contribution in [1.29, 1.82) is 0 Å². The molecule has 0 radical (unpaired) electrons. The zero-order valence-corrected chi connectivity index (χ0v) is 18.0. The molecule has 2 aliphatic rings. The van der Waals surface area contributed by atoms with Crippen molar-refractivity contribution in [3.8, 4) is 0 Å². The van der Waals surface area contributed by atoms with E-state index in [9.17, 15) is 9.59 Å². The molecule has 1 atom stereocenters. The van der Waals surface area contributed by atoms with Crippen molar-refractivity contribution in [2.75, 3.05) is 26.2 Å². The van der Waals surface area contributed by atoms with Crippen LogP contribution in [-0.2, 0) is 17.9 Å². The van der Waals surface area contributed by atoms with Crippen molar-refractivity contribution < 1.29 is 14.3 Å². The van der Waals surface area contributed by atoms with E-state index in [2.05, 4.69) is 15.3 Å². The van der Waals surface area contributed by atoms with E-state index in [4.69, 9.17) is 16.3 Å². The minimum Gasteiger partial charge on any atom is -0.365 e. The fourth-order valence-electron chi connectivity index (χ4n) is 3.99. The van der Waals surface area contributed by atoms with Gasteiger partial charge in [-0.15, -0.1) is 5.10 Å². The molecule has 5 rings (SSSR count). The molecule has 0 saturated carbocycles. The van der Waals surface area contributed by atoms with Gasteiger partial charge in [-0.05, 0) is 29.8 Å². The van der Waals surface area contributed by atoms with Crippen LogP contribution in [0.2, 0.25) is 5.02 Å². The molecule has 0 spiro atoms. The molecule has 1 fully saturated rings. The van der Waals surface area contributed by atoms with Crippen LogP contribution in [0.5, 0.6) is 0 Å². The second-order valence-corrected chi connectivity index (χ2v) is 8.18. The molecule has 3 aromatic rings. The van der Waals surface area contributed by atoms with Gasteiger partial charge >= 0.3 is 0 Å². The summed E-state index contributed by atoms with van der Waals surface area (Å²) in [7, 11) is 0. The summed E-state index contributed by atoms with van der Waals surface area (Å²) in [4.78, 5) is 33.1. The third-order valence-electron chi connectivity index (χ3n) is 5.80. The summed E-state index contributed by atoms with van der Waals surface area (Å²) in [6, 6.07) is 11.0. The van der Waals surface area contributed by atoms with Gasteiger partial charge in [0, 0.05) is 43.6 Å². The second kappa shape index (κ2) is 8.68. The summed E-state index contributed by atoms with van der Waals surface area (Å²) in [5, 5.41) is 9.01. The largest absolute Gasteiger partial charge is 0.365 e. The molecule has 4 heterocycles. The Morgan fingerprint density at radius 2 is 1.72 bits per heavy atom. The number of benzene rings is 1. The molecular weight excluding hydrogens is 432 g/mol. The van der Waals surface area contributed by atoms with Gasteiger partial charge in [-0.3, -0.25) is 14.6 Å². The highest BCUT2D eigenvalue weighted by molar-refractivity contribution is 6.30. The third kappa shape index (κ3) is 3.96. The lowest BCUT2D eigenvalue weighted by atomic mass is 10.1. The number of carbonyl (C=O) groups excluding carboxylic acids is 2. The molecule has 164 valence electrons. The van der Waals surface area contributed by atoms with E-state index in [1.807, 2.05) is 24.3 Å². The van der Waals surface area contributed by atoms with Crippen molar-refractivity contribution in [3.63, 3.8) is 0 Å². The van der Waals surface area contributed by atoms with E-state index >= 15 is 0 Å². The van der Waals surface area contributed by atoms with E-state index < -0.39 is 0 Å². The first-order chi connectivity index (χ1) is 15.6. The monoisotopic (exact) mass is 452 g/mol. The van der Waals surface area contributed by atoms with Crippen molar-refractivity contribution >= 4 is 23.4 Å². The van der Waals surface area contributed by atoms with Crippen molar-refractivity contribution in [2.45, 2.75) is 19.3 Å². The first-order valence-electron chi connectivity index (χ1n) is 10.4. The standard InChI is InChI=1S/C22H21ClN6O3/c23-17-5-3-15(4-6-17)19-13-29-18(14-32-19)20(25-26-29)22(31)28-10-8-27(9-11-28)21(30)16-2-1-7-24-12-16/h1-7,12,19H,8-11,13-14H2/t19-/m0/s1. The zero-order chi connectivity index (χ0) is 22.1. The van der Waals surface area contributed by atoms with Crippen LogP contribution in [0.15, 0.2) is 48.8 Å².